The van der Waals surface area contributed by atoms with Gasteiger partial charge < -0.3 is 4.74 Å². The first-order valence-corrected chi connectivity index (χ1v) is 7.89. The molecular formula is C20H20O2. The summed E-state index contributed by atoms with van der Waals surface area (Å²) in [5, 5.41) is 4.41. The van der Waals surface area contributed by atoms with E-state index in [0.29, 0.717) is 12.2 Å². The maximum absolute atomic E-state index is 12.3. The standard InChI is InChI=1S/C20H20O2/c1-2-3-6-14-22-20(21)19-11-7-10-17-16-9-5-4-8-15(16)12-13-18(17)19/h4-5,7-13H,2-3,6,14H2,1H3. The SMILES string of the molecule is CCCCCOC(=O)c1cccc2c1ccc1ccccc12. The van der Waals surface area contributed by atoms with Crippen LogP contribution >= 0.6 is 0 Å². The van der Waals surface area contributed by atoms with E-state index in [9.17, 15) is 4.79 Å². The van der Waals surface area contributed by atoms with E-state index in [4.69, 9.17) is 4.74 Å². The molecule has 3 aromatic carbocycles. The lowest BCUT2D eigenvalue weighted by molar-refractivity contribution is 0.0500. The molecule has 0 bridgehead atoms. The molecule has 112 valence electrons. The summed E-state index contributed by atoms with van der Waals surface area (Å²) in [6, 6.07) is 18.1. The number of hydrogen-bond acceptors (Lipinski definition) is 2. The zero-order chi connectivity index (χ0) is 15.4. The van der Waals surface area contributed by atoms with E-state index in [1.165, 1.54) is 10.8 Å². The van der Waals surface area contributed by atoms with Crippen LogP contribution in [-0.4, -0.2) is 12.6 Å². The van der Waals surface area contributed by atoms with Crippen LogP contribution in [-0.2, 0) is 4.74 Å². The molecule has 3 aromatic rings. The van der Waals surface area contributed by atoms with E-state index in [1.807, 2.05) is 30.3 Å². The van der Waals surface area contributed by atoms with E-state index in [1.54, 1.807) is 0 Å². The molecule has 0 aromatic heterocycles. The second-order valence-electron chi connectivity index (χ2n) is 5.53. The fourth-order valence-corrected chi connectivity index (χ4v) is 2.81. The van der Waals surface area contributed by atoms with Crippen molar-refractivity contribution in [2.45, 2.75) is 26.2 Å². The van der Waals surface area contributed by atoms with Crippen molar-refractivity contribution in [3.8, 4) is 0 Å². The van der Waals surface area contributed by atoms with Gasteiger partial charge in [0, 0.05) is 0 Å². The van der Waals surface area contributed by atoms with Crippen molar-refractivity contribution in [3.63, 3.8) is 0 Å². The van der Waals surface area contributed by atoms with Crippen LogP contribution in [0, 0.1) is 0 Å². The average molecular weight is 292 g/mol. The molecular weight excluding hydrogens is 272 g/mol. The summed E-state index contributed by atoms with van der Waals surface area (Å²) in [6.45, 7) is 2.63. The zero-order valence-corrected chi connectivity index (χ0v) is 12.8. The van der Waals surface area contributed by atoms with Crippen LogP contribution < -0.4 is 0 Å². The summed E-state index contributed by atoms with van der Waals surface area (Å²) in [7, 11) is 0. The predicted molar refractivity (Wildman–Crippen MR) is 91.3 cm³/mol. The minimum absolute atomic E-state index is 0.225. The normalized spacial score (nSPS) is 11.0. The molecule has 0 N–H and O–H groups in total. The third-order valence-corrected chi connectivity index (χ3v) is 3.99. The van der Waals surface area contributed by atoms with Gasteiger partial charge in [-0.25, -0.2) is 4.79 Å². The maximum atomic E-state index is 12.3. The van der Waals surface area contributed by atoms with Crippen molar-refractivity contribution < 1.29 is 9.53 Å². The first-order chi connectivity index (χ1) is 10.8. The van der Waals surface area contributed by atoms with Gasteiger partial charge in [-0.2, -0.15) is 0 Å². The summed E-state index contributed by atoms with van der Waals surface area (Å²) < 4.78 is 5.41. The molecule has 0 aliphatic rings. The third kappa shape index (κ3) is 2.82. The average Bonchev–Trinajstić information content (AvgIpc) is 2.58. The Bertz CT molecular complexity index is 805. The van der Waals surface area contributed by atoms with Gasteiger partial charge in [-0.15, -0.1) is 0 Å². The highest BCUT2D eigenvalue weighted by atomic mass is 16.5. The molecule has 0 heterocycles. The topological polar surface area (TPSA) is 26.3 Å². The number of hydrogen-bond donors (Lipinski definition) is 0. The highest BCUT2D eigenvalue weighted by Crippen LogP contribution is 2.28. The molecule has 0 aliphatic heterocycles. The van der Waals surface area contributed by atoms with Gasteiger partial charge in [0.1, 0.15) is 0 Å². The minimum atomic E-state index is -0.225. The number of rotatable bonds is 5. The van der Waals surface area contributed by atoms with E-state index in [0.717, 1.165) is 30.0 Å². The number of fused-ring (bicyclic) bond motifs is 3. The molecule has 0 saturated carbocycles. The number of carbonyl (C=O) groups is 1. The molecule has 0 amide bonds. The minimum Gasteiger partial charge on any atom is -0.462 e. The van der Waals surface area contributed by atoms with Gasteiger partial charge in [0.25, 0.3) is 0 Å². The molecule has 22 heavy (non-hydrogen) atoms. The number of unbranched alkanes of at least 4 members (excludes halogenated alkanes) is 2. The first kappa shape index (κ1) is 14.6. The van der Waals surface area contributed by atoms with Crippen LogP contribution in [0.4, 0.5) is 0 Å². The fourth-order valence-electron chi connectivity index (χ4n) is 2.81. The van der Waals surface area contributed by atoms with E-state index >= 15 is 0 Å². The maximum Gasteiger partial charge on any atom is 0.338 e. The number of esters is 1. The Balaban J connectivity index is 1.96. The van der Waals surface area contributed by atoms with Crippen molar-refractivity contribution in [2.75, 3.05) is 6.61 Å². The van der Waals surface area contributed by atoms with Crippen LogP contribution in [0.5, 0.6) is 0 Å². The molecule has 2 heteroatoms. The Morgan fingerprint density at radius 2 is 1.68 bits per heavy atom. The Kier molecular flexibility index (Phi) is 4.38. The fraction of sp³-hybridized carbons (Fsp3) is 0.250. The number of ether oxygens (including phenoxy) is 1. The molecule has 0 spiro atoms. The molecule has 0 aliphatic carbocycles. The highest BCUT2D eigenvalue weighted by molar-refractivity contribution is 6.14. The summed E-state index contributed by atoms with van der Waals surface area (Å²) in [4.78, 5) is 12.3. The zero-order valence-electron chi connectivity index (χ0n) is 12.8. The van der Waals surface area contributed by atoms with Crippen LogP contribution in [0.1, 0.15) is 36.5 Å². The van der Waals surface area contributed by atoms with Gasteiger partial charge in [-0.05, 0) is 34.0 Å². The van der Waals surface area contributed by atoms with Crippen LogP contribution in [0.15, 0.2) is 54.6 Å². The van der Waals surface area contributed by atoms with Gasteiger partial charge in [0.2, 0.25) is 0 Å². The second-order valence-corrected chi connectivity index (χ2v) is 5.53. The lowest BCUT2D eigenvalue weighted by atomic mass is 9.98. The van der Waals surface area contributed by atoms with Gasteiger partial charge >= 0.3 is 5.97 Å². The molecule has 0 radical (unpaired) electrons. The molecule has 3 rings (SSSR count). The van der Waals surface area contributed by atoms with Gasteiger partial charge in [0.15, 0.2) is 0 Å². The van der Waals surface area contributed by atoms with E-state index in [2.05, 4.69) is 31.2 Å². The largest absolute Gasteiger partial charge is 0.462 e. The van der Waals surface area contributed by atoms with Crippen molar-refractivity contribution in [2.24, 2.45) is 0 Å². The van der Waals surface area contributed by atoms with Crippen molar-refractivity contribution in [1.82, 2.24) is 0 Å². The van der Waals surface area contributed by atoms with Gasteiger partial charge in [-0.1, -0.05) is 68.3 Å². The summed E-state index contributed by atoms with van der Waals surface area (Å²) in [6.07, 6.45) is 3.14. The van der Waals surface area contributed by atoms with Gasteiger partial charge in [-0.3, -0.25) is 0 Å². The van der Waals surface area contributed by atoms with Crippen molar-refractivity contribution in [1.29, 1.82) is 0 Å². The van der Waals surface area contributed by atoms with E-state index in [-0.39, 0.29) is 5.97 Å². The predicted octanol–water partition coefficient (Wildman–Crippen LogP) is 5.34. The Labute approximate surface area is 130 Å². The van der Waals surface area contributed by atoms with Crippen LogP contribution in [0.3, 0.4) is 0 Å². The Morgan fingerprint density at radius 3 is 2.55 bits per heavy atom. The van der Waals surface area contributed by atoms with Crippen LogP contribution in [0.25, 0.3) is 21.5 Å². The highest BCUT2D eigenvalue weighted by Gasteiger charge is 2.12. The smallest absolute Gasteiger partial charge is 0.338 e. The Hall–Kier alpha value is -2.35. The number of carbonyl (C=O) groups excluding carboxylic acids is 1. The lowest BCUT2D eigenvalue weighted by Gasteiger charge is -2.09. The lowest BCUT2D eigenvalue weighted by Crippen LogP contribution is -2.07. The molecule has 0 atom stereocenters. The van der Waals surface area contributed by atoms with E-state index < -0.39 is 0 Å². The summed E-state index contributed by atoms with van der Waals surface area (Å²) in [5.74, 6) is -0.225. The van der Waals surface area contributed by atoms with Crippen molar-refractivity contribution in [3.05, 3.63) is 60.2 Å². The summed E-state index contributed by atoms with van der Waals surface area (Å²) >= 11 is 0. The second kappa shape index (κ2) is 6.61. The monoisotopic (exact) mass is 292 g/mol. The molecule has 0 saturated heterocycles. The summed E-state index contributed by atoms with van der Waals surface area (Å²) in [5.41, 5.74) is 0.653. The first-order valence-electron chi connectivity index (χ1n) is 7.89. The van der Waals surface area contributed by atoms with Gasteiger partial charge in [0.05, 0.1) is 12.2 Å². The van der Waals surface area contributed by atoms with Crippen molar-refractivity contribution >= 4 is 27.5 Å². The quantitative estimate of drug-likeness (QED) is 0.360. The Morgan fingerprint density at radius 1 is 0.864 bits per heavy atom. The third-order valence-electron chi connectivity index (χ3n) is 3.99. The van der Waals surface area contributed by atoms with Crippen LogP contribution in [0.2, 0.25) is 0 Å². The molecule has 0 unspecified atom stereocenters. The number of benzene rings is 3. The molecule has 0 fully saturated rings. The molecule has 2 nitrogen and oxygen atoms in total.